The van der Waals surface area contributed by atoms with Crippen LogP contribution < -0.4 is 24.8 Å². The van der Waals surface area contributed by atoms with E-state index >= 15 is 0 Å². The minimum absolute atomic E-state index is 0.0523. The molecule has 0 aliphatic rings. The Bertz CT molecular complexity index is 1190. The zero-order valence-electron chi connectivity index (χ0n) is 20.4. The number of carbonyl (C=O) groups excluding carboxylic acids is 2. The second-order valence-corrected chi connectivity index (χ2v) is 7.76. The molecule has 1 atom stereocenters. The third-order valence-electron chi connectivity index (χ3n) is 5.22. The number of hydrogen-bond acceptors (Lipinski definition) is 6. The molecule has 0 bridgehead atoms. The third kappa shape index (κ3) is 7.19. The largest absolute Gasteiger partial charge is 0.493 e. The fraction of sp³-hybridized carbons (Fsp3) is 0.259. The summed E-state index contributed by atoms with van der Waals surface area (Å²) in [5.74, 6) is -0.148. The maximum atomic E-state index is 13.8. The number of amides is 2. The van der Waals surface area contributed by atoms with E-state index < -0.39 is 18.3 Å². The Morgan fingerprint density at radius 2 is 1.64 bits per heavy atom. The summed E-state index contributed by atoms with van der Waals surface area (Å²) in [5.41, 5.74) is 1.12. The third-order valence-corrected chi connectivity index (χ3v) is 5.22. The Hall–Kier alpha value is -4.11. The molecule has 9 heteroatoms. The number of para-hydroxylation sites is 2. The van der Waals surface area contributed by atoms with Crippen molar-refractivity contribution in [3.05, 3.63) is 83.7 Å². The van der Waals surface area contributed by atoms with Gasteiger partial charge in [-0.1, -0.05) is 30.3 Å². The average Bonchev–Trinajstić information content (AvgIpc) is 2.89. The van der Waals surface area contributed by atoms with Gasteiger partial charge in [-0.25, -0.2) is 4.39 Å². The topological polar surface area (TPSA) is 95.1 Å². The molecule has 8 nitrogen and oxygen atoms in total. The van der Waals surface area contributed by atoms with Crippen molar-refractivity contribution in [2.45, 2.75) is 13.0 Å². The first kappa shape index (κ1) is 26.5. The van der Waals surface area contributed by atoms with Crippen molar-refractivity contribution in [2.24, 2.45) is 0 Å². The summed E-state index contributed by atoms with van der Waals surface area (Å²) in [5, 5.41) is 5.37. The summed E-state index contributed by atoms with van der Waals surface area (Å²) in [6.07, 6.45) is 0. The van der Waals surface area contributed by atoms with Crippen molar-refractivity contribution in [2.75, 3.05) is 39.4 Å². The molecule has 3 aromatic carbocycles. The molecular weight excluding hydrogens is 467 g/mol. The van der Waals surface area contributed by atoms with E-state index in [2.05, 4.69) is 10.6 Å². The molecule has 0 radical (unpaired) electrons. The molecule has 190 valence electrons. The maximum absolute atomic E-state index is 13.8. The Labute approximate surface area is 209 Å². The van der Waals surface area contributed by atoms with Crippen LogP contribution in [-0.4, -0.2) is 45.9 Å². The molecule has 36 heavy (non-hydrogen) atoms. The number of ether oxygens (including phenoxy) is 4. The highest BCUT2D eigenvalue weighted by atomic mass is 19.1. The fourth-order valence-electron chi connectivity index (χ4n) is 3.34. The lowest BCUT2D eigenvalue weighted by molar-refractivity contribution is -0.118. The van der Waals surface area contributed by atoms with Crippen molar-refractivity contribution < 1.29 is 32.9 Å². The molecule has 0 saturated heterocycles. The monoisotopic (exact) mass is 496 g/mol. The second kappa shape index (κ2) is 13.1. The maximum Gasteiger partial charge on any atom is 0.262 e. The number of anilines is 1. The minimum Gasteiger partial charge on any atom is -0.493 e. The highest BCUT2D eigenvalue weighted by Crippen LogP contribution is 2.30. The fourth-order valence-corrected chi connectivity index (χ4v) is 3.34. The van der Waals surface area contributed by atoms with E-state index in [1.807, 2.05) is 13.0 Å². The summed E-state index contributed by atoms with van der Waals surface area (Å²) in [6, 6.07) is 17.4. The van der Waals surface area contributed by atoms with Crippen molar-refractivity contribution in [1.82, 2.24) is 5.32 Å². The minimum atomic E-state index is -0.552. The van der Waals surface area contributed by atoms with Crippen molar-refractivity contribution in [1.29, 1.82) is 0 Å². The summed E-state index contributed by atoms with van der Waals surface area (Å²) in [6.45, 7) is 2.27. The number of halogens is 1. The van der Waals surface area contributed by atoms with Gasteiger partial charge in [-0.2, -0.15) is 0 Å². The van der Waals surface area contributed by atoms with Crippen molar-refractivity contribution >= 4 is 17.5 Å². The van der Waals surface area contributed by atoms with Crippen LogP contribution in [-0.2, 0) is 9.53 Å². The highest BCUT2D eigenvalue weighted by Gasteiger charge is 2.18. The van der Waals surface area contributed by atoms with Crippen LogP contribution in [0.3, 0.4) is 0 Å². The van der Waals surface area contributed by atoms with Gasteiger partial charge in [0.2, 0.25) is 0 Å². The number of carbonyl (C=O) groups is 2. The number of methoxy groups -OCH3 is 2. The first-order valence-corrected chi connectivity index (χ1v) is 11.3. The molecule has 0 heterocycles. The van der Waals surface area contributed by atoms with Gasteiger partial charge in [-0.05, 0) is 48.9 Å². The Kier molecular flexibility index (Phi) is 9.64. The molecule has 0 aromatic heterocycles. The van der Waals surface area contributed by atoms with E-state index in [-0.39, 0.29) is 28.9 Å². The number of benzene rings is 3. The van der Waals surface area contributed by atoms with Gasteiger partial charge >= 0.3 is 0 Å². The molecule has 0 saturated carbocycles. The Morgan fingerprint density at radius 3 is 2.39 bits per heavy atom. The van der Waals surface area contributed by atoms with Crippen LogP contribution in [0.4, 0.5) is 10.1 Å². The van der Waals surface area contributed by atoms with E-state index in [0.29, 0.717) is 24.7 Å². The van der Waals surface area contributed by atoms with Gasteiger partial charge in [0.05, 0.1) is 31.0 Å². The predicted molar refractivity (Wildman–Crippen MR) is 133 cm³/mol. The summed E-state index contributed by atoms with van der Waals surface area (Å²) >= 11 is 0. The molecule has 0 aliphatic carbocycles. The van der Waals surface area contributed by atoms with Crippen LogP contribution in [0.2, 0.25) is 0 Å². The Morgan fingerprint density at radius 1 is 0.889 bits per heavy atom. The smallest absolute Gasteiger partial charge is 0.262 e. The molecule has 2 amide bonds. The van der Waals surface area contributed by atoms with Crippen molar-refractivity contribution in [3.8, 4) is 17.2 Å². The van der Waals surface area contributed by atoms with Gasteiger partial charge in [-0.15, -0.1) is 0 Å². The first-order valence-electron chi connectivity index (χ1n) is 11.3. The summed E-state index contributed by atoms with van der Waals surface area (Å²) in [4.78, 5) is 25.2. The van der Waals surface area contributed by atoms with Gasteiger partial charge in [0.1, 0.15) is 18.2 Å². The molecule has 0 aliphatic heterocycles. The number of rotatable bonds is 12. The molecule has 2 N–H and O–H groups in total. The highest BCUT2D eigenvalue weighted by molar-refractivity contribution is 5.97. The standard InChI is InChI=1S/C27H29FN2O6/c1-18(19-12-13-24(25(16-19)34-3)35-15-14-33-2)29-27(32)20-8-4-7-11-23(20)36-17-26(31)30-22-10-6-5-9-21(22)28/h4-13,16,18H,14-15,17H2,1-3H3,(H,29,32)(H,30,31). The van der Waals surface area contributed by atoms with E-state index in [1.165, 1.54) is 18.2 Å². The van der Waals surface area contributed by atoms with Crippen LogP contribution in [0.15, 0.2) is 66.7 Å². The molecule has 3 rings (SSSR count). The van der Waals surface area contributed by atoms with Crippen LogP contribution >= 0.6 is 0 Å². The lowest BCUT2D eigenvalue weighted by atomic mass is 10.1. The lowest BCUT2D eigenvalue weighted by Gasteiger charge is -2.18. The van der Waals surface area contributed by atoms with E-state index in [4.69, 9.17) is 18.9 Å². The zero-order chi connectivity index (χ0) is 25.9. The van der Waals surface area contributed by atoms with Crippen LogP contribution in [0.25, 0.3) is 0 Å². The molecule has 0 spiro atoms. The zero-order valence-corrected chi connectivity index (χ0v) is 20.4. The van der Waals surface area contributed by atoms with Gasteiger partial charge in [0, 0.05) is 7.11 Å². The Balaban J connectivity index is 1.63. The van der Waals surface area contributed by atoms with Gasteiger partial charge in [-0.3, -0.25) is 9.59 Å². The summed E-state index contributed by atoms with van der Waals surface area (Å²) in [7, 11) is 3.14. The normalized spacial score (nSPS) is 11.3. The summed E-state index contributed by atoms with van der Waals surface area (Å²) < 4.78 is 35.4. The SMILES string of the molecule is COCCOc1ccc(C(C)NC(=O)c2ccccc2OCC(=O)Nc2ccccc2F)cc1OC. The van der Waals surface area contributed by atoms with E-state index in [0.717, 1.165) is 5.56 Å². The molecule has 0 fully saturated rings. The molecule has 3 aromatic rings. The first-order chi connectivity index (χ1) is 17.4. The van der Waals surface area contributed by atoms with Crippen molar-refractivity contribution in [3.63, 3.8) is 0 Å². The van der Waals surface area contributed by atoms with E-state index in [1.54, 1.807) is 56.7 Å². The van der Waals surface area contributed by atoms with Crippen LogP contribution in [0.5, 0.6) is 17.2 Å². The molecule has 1 unspecified atom stereocenters. The van der Waals surface area contributed by atoms with E-state index in [9.17, 15) is 14.0 Å². The number of hydrogen-bond donors (Lipinski definition) is 2. The molecular formula is C27H29FN2O6. The van der Waals surface area contributed by atoms with Gasteiger partial charge < -0.3 is 29.6 Å². The van der Waals surface area contributed by atoms with Gasteiger partial charge in [0.25, 0.3) is 11.8 Å². The van der Waals surface area contributed by atoms with Gasteiger partial charge in [0.15, 0.2) is 18.1 Å². The quantitative estimate of drug-likeness (QED) is 0.362. The lowest BCUT2D eigenvalue weighted by Crippen LogP contribution is -2.28. The predicted octanol–water partition coefficient (Wildman–Crippen LogP) is 4.37. The van der Waals surface area contributed by atoms with Crippen LogP contribution in [0.1, 0.15) is 28.9 Å². The second-order valence-electron chi connectivity index (χ2n) is 7.76. The average molecular weight is 497 g/mol. The number of nitrogens with one attached hydrogen (secondary N) is 2. The van der Waals surface area contributed by atoms with Crippen LogP contribution in [0, 0.1) is 5.82 Å².